The Balaban J connectivity index is 2.02. The van der Waals surface area contributed by atoms with Crippen molar-refractivity contribution in [2.45, 2.75) is 6.54 Å². The Bertz CT molecular complexity index is 644. The van der Waals surface area contributed by atoms with Gasteiger partial charge >= 0.3 is 0 Å². The Kier molecular flexibility index (Phi) is 4.81. The van der Waals surface area contributed by atoms with Gasteiger partial charge in [0.15, 0.2) is 0 Å². The van der Waals surface area contributed by atoms with Crippen LogP contribution in [0.1, 0.15) is 21.6 Å². The van der Waals surface area contributed by atoms with Crippen LogP contribution in [0.3, 0.4) is 0 Å². The molecular weight excluding hydrogens is 252 g/mol. The molecule has 1 aromatic heterocycles. The molecule has 0 unspecified atom stereocenters. The molecule has 5 heteroatoms. The number of nitrogens with zero attached hydrogens (tertiary/aromatic N) is 2. The average molecular weight is 266 g/mol. The first-order chi connectivity index (χ1) is 9.79. The molecule has 1 amide bonds. The summed E-state index contributed by atoms with van der Waals surface area (Å²) in [5, 5.41) is 10.4. The van der Waals surface area contributed by atoms with E-state index in [-0.39, 0.29) is 5.91 Å². The Morgan fingerprint density at radius 1 is 1.30 bits per heavy atom. The highest BCUT2D eigenvalue weighted by atomic mass is 16.1. The van der Waals surface area contributed by atoms with Gasteiger partial charge in [0.1, 0.15) is 0 Å². The molecule has 0 atom stereocenters. The summed E-state index contributed by atoms with van der Waals surface area (Å²) in [6, 6.07) is 10.7. The predicted octanol–water partition coefficient (Wildman–Crippen LogP) is 0.717. The van der Waals surface area contributed by atoms with Crippen molar-refractivity contribution in [2.75, 3.05) is 6.54 Å². The molecule has 1 heterocycles. The van der Waals surface area contributed by atoms with E-state index in [0.29, 0.717) is 24.3 Å². The van der Waals surface area contributed by atoms with E-state index in [1.807, 2.05) is 6.07 Å². The number of nitrogens with one attached hydrogen (secondary N) is 1. The van der Waals surface area contributed by atoms with Gasteiger partial charge in [-0.05, 0) is 30.3 Å². The minimum absolute atomic E-state index is 0.174. The molecular formula is C15H14N4O. The number of hydrogen-bond acceptors (Lipinski definition) is 4. The third-order valence-electron chi connectivity index (χ3n) is 2.52. The molecule has 0 radical (unpaired) electrons. The van der Waals surface area contributed by atoms with E-state index in [1.54, 1.807) is 36.5 Å². The van der Waals surface area contributed by atoms with Gasteiger partial charge in [-0.3, -0.25) is 4.79 Å². The van der Waals surface area contributed by atoms with E-state index in [1.165, 1.54) is 0 Å². The molecule has 0 fully saturated rings. The van der Waals surface area contributed by atoms with Crippen molar-refractivity contribution in [3.8, 4) is 11.8 Å². The first kappa shape index (κ1) is 13.7. The molecule has 0 saturated heterocycles. The van der Waals surface area contributed by atoms with Crippen molar-refractivity contribution in [1.29, 1.82) is 0 Å². The summed E-state index contributed by atoms with van der Waals surface area (Å²) in [6.07, 6.45) is 1.59. The lowest BCUT2D eigenvalue weighted by Crippen LogP contribution is -2.23. The molecule has 0 aliphatic heterocycles. The number of nitrogens with two attached hydrogens (primary N) is 1. The molecule has 0 aliphatic rings. The fraction of sp³-hybridized carbons (Fsp3) is 0.133. The van der Waals surface area contributed by atoms with Crippen LogP contribution in [0.25, 0.3) is 0 Å². The molecule has 0 spiro atoms. The summed E-state index contributed by atoms with van der Waals surface area (Å²) in [7, 11) is 0. The maximum absolute atomic E-state index is 12.0. The Labute approximate surface area is 117 Å². The summed E-state index contributed by atoms with van der Waals surface area (Å²) >= 11 is 0. The van der Waals surface area contributed by atoms with Gasteiger partial charge in [-0.1, -0.05) is 17.9 Å². The van der Waals surface area contributed by atoms with Crippen LogP contribution in [0.5, 0.6) is 0 Å². The number of aromatic nitrogens is 2. The highest BCUT2D eigenvalue weighted by Gasteiger charge is 2.05. The quantitative estimate of drug-likeness (QED) is 0.802. The van der Waals surface area contributed by atoms with E-state index in [2.05, 4.69) is 27.4 Å². The lowest BCUT2D eigenvalue weighted by molar-refractivity contribution is 0.0950. The summed E-state index contributed by atoms with van der Waals surface area (Å²) in [5.41, 5.74) is 7.35. The molecule has 2 rings (SSSR count). The second-order valence-corrected chi connectivity index (χ2v) is 3.98. The van der Waals surface area contributed by atoms with Crippen LogP contribution in [-0.4, -0.2) is 22.6 Å². The van der Waals surface area contributed by atoms with Gasteiger partial charge in [0.05, 0.1) is 18.8 Å². The maximum atomic E-state index is 12.0. The zero-order valence-corrected chi connectivity index (χ0v) is 10.8. The van der Waals surface area contributed by atoms with E-state index < -0.39 is 0 Å². The van der Waals surface area contributed by atoms with Crippen LogP contribution in [0.2, 0.25) is 0 Å². The van der Waals surface area contributed by atoms with Gasteiger partial charge in [0.2, 0.25) is 0 Å². The largest absolute Gasteiger partial charge is 0.346 e. The SMILES string of the molecule is NCC#Cc1cccc(C(=O)NCc2cccnn2)c1. The average Bonchev–Trinajstić information content (AvgIpc) is 2.52. The zero-order chi connectivity index (χ0) is 14.2. The highest BCUT2D eigenvalue weighted by molar-refractivity contribution is 5.94. The van der Waals surface area contributed by atoms with Crippen molar-refractivity contribution < 1.29 is 4.79 Å². The summed E-state index contributed by atoms with van der Waals surface area (Å²) in [6.45, 7) is 0.633. The molecule has 5 nitrogen and oxygen atoms in total. The molecule has 3 N–H and O–H groups in total. The van der Waals surface area contributed by atoms with Crippen LogP contribution in [-0.2, 0) is 6.54 Å². The van der Waals surface area contributed by atoms with Crippen LogP contribution in [0.4, 0.5) is 0 Å². The lowest BCUT2D eigenvalue weighted by atomic mass is 10.1. The van der Waals surface area contributed by atoms with E-state index in [4.69, 9.17) is 5.73 Å². The van der Waals surface area contributed by atoms with E-state index >= 15 is 0 Å². The van der Waals surface area contributed by atoms with Gasteiger partial charge < -0.3 is 11.1 Å². The molecule has 0 bridgehead atoms. The van der Waals surface area contributed by atoms with Gasteiger partial charge in [-0.15, -0.1) is 0 Å². The van der Waals surface area contributed by atoms with Crippen LogP contribution in [0.15, 0.2) is 42.6 Å². The van der Waals surface area contributed by atoms with Crippen molar-refractivity contribution in [3.63, 3.8) is 0 Å². The number of benzene rings is 1. The summed E-state index contributed by atoms with van der Waals surface area (Å²) in [5.74, 6) is 5.48. The van der Waals surface area contributed by atoms with Gasteiger partial charge in [-0.2, -0.15) is 10.2 Å². The van der Waals surface area contributed by atoms with E-state index in [0.717, 1.165) is 5.56 Å². The Morgan fingerprint density at radius 2 is 2.20 bits per heavy atom. The minimum Gasteiger partial charge on any atom is -0.346 e. The fourth-order valence-corrected chi connectivity index (χ4v) is 1.59. The lowest BCUT2D eigenvalue weighted by Gasteiger charge is -2.04. The molecule has 100 valence electrons. The fourth-order valence-electron chi connectivity index (χ4n) is 1.59. The van der Waals surface area contributed by atoms with Gasteiger partial charge in [0.25, 0.3) is 5.91 Å². The monoisotopic (exact) mass is 266 g/mol. The normalized spacial score (nSPS) is 9.45. The second-order valence-electron chi connectivity index (χ2n) is 3.98. The smallest absolute Gasteiger partial charge is 0.251 e. The zero-order valence-electron chi connectivity index (χ0n) is 10.8. The van der Waals surface area contributed by atoms with Crippen molar-refractivity contribution in [2.24, 2.45) is 5.73 Å². The first-order valence-electron chi connectivity index (χ1n) is 6.13. The standard InChI is InChI=1S/C15H14N4O/c16-8-2-5-12-4-1-6-13(10-12)15(20)17-11-14-7-3-9-18-19-14/h1,3-4,6-7,9-10H,8,11,16H2,(H,17,20). The third-order valence-corrected chi connectivity index (χ3v) is 2.52. The molecule has 20 heavy (non-hydrogen) atoms. The number of carbonyl (C=O) groups is 1. The van der Waals surface area contributed by atoms with Crippen LogP contribution in [0, 0.1) is 11.8 Å². The molecule has 0 aliphatic carbocycles. The molecule has 1 aromatic carbocycles. The Hall–Kier alpha value is -2.71. The highest BCUT2D eigenvalue weighted by Crippen LogP contribution is 2.04. The Morgan fingerprint density at radius 3 is 2.95 bits per heavy atom. The molecule has 2 aromatic rings. The predicted molar refractivity (Wildman–Crippen MR) is 75.6 cm³/mol. The molecule has 0 saturated carbocycles. The van der Waals surface area contributed by atoms with E-state index in [9.17, 15) is 4.79 Å². The number of rotatable bonds is 3. The second kappa shape index (κ2) is 7.02. The summed E-state index contributed by atoms with van der Waals surface area (Å²) in [4.78, 5) is 12.0. The van der Waals surface area contributed by atoms with Crippen LogP contribution >= 0.6 is 0 Å². The van der Waals surface area contributed by atoms with Crippen LogP contribution < -0.4 is 11.1 Å². The van der Waals surface area contributed by atoms with Gasteiger partial charge in [0, 0.05) is 17.3 Å². The van der Waals surface area contributed by atoms with Crippen molar-refractivity contribution in [1.82, 2.24) is 15.5 Å². The number of hydrogen-bond donors (Lipinski definition) is 2. The number of carbonyl (C=O) groups excluding carboxylic acids is 1. The van der Waals surface area contributed by atoms with Crippen molar-refractivity contribution >= 4 is 5.91 Å². The number of amides is 1. The minimum atomic E-state index is -0.174. The first-order valence-corrected chi connectivity index (χ1v) is 6.13. The summed E-state index contributed by atoms with van der Waals surface area (Å²) < 4.78 is 0. The van der Waals surface area contributed by atoms with Crippen molar-refractivity contribution in [3.05, 3.63) is 59.4 Å². The van der Waals surface area contributed by atoms with Gasteiger partial charge in [-0.25, -0.2) is 0 Å². The maximum Gasteiger partial charge on any atom is 0.251 e. The topological polar surface area (TPSA) is 80.9 Å². The third kappa shape index (κ3) is 3.90.